The summed E-state index contributed by atoms with van der Waals surface area (Å²) in [5.41, 5.74) is 2.37. The summed E-state index contributed by atoms with van der Waals surface area (Å²) < 4.78 is 17.8. The van der Waals surface area contributed by atoms with E-state index in [0.717, 1.165) is 10.9 Å². The van der Waals surface area contributed by atoms with Gasteiger partial charge in [0.1, 0.15) is 42.3 Å². The van der Waals surface area contributed by atoms with E-state index in [9.17, 15) is 19.8 Å². The normalized spacial score (nSPS) is 22.2. The van der Waals surface area contributed by atoms with Crippen LogP contribution < -0.4 is 5.63 Å². The Labute approximate surface area is 202 Å². The van der Waals surface area contributed by atoms with Crippen LogP contribution in [0.25, 0.3) is 22.1 Å². The summed E-state index contributed by atoms with van der Waals surface area (Å²) in [5.74, 6) is -0.300. The summed E-state index contributed by atoms with van der Waals surface area (Å²) in [6.07, 6.45) is -1.77. The van der Waals surface area contributed by atoms with E-state index in [2.05, 4.69) is 15.0 Å². The molecular formula is C23H22N4O7S. The molecule has 4 atom stereocenters. The van der Waals surface area contributed by atoms with Crippen LogP contribution in [0.5, 0.6) is 0 Å². The lowest BCUT2D eigenvalue weighted by Crippen LogP contribution is -2.34. The van der Waals surface area contributed by atoms with E-state index in [1.165, 1.54) is 31.2 Å². The fraction of sp³-hybridized carbons (Fsp3) is 0.348. The van der Waals surface area contributed by atoms with Crippen LogP contribution in [0.4, 0.5) is 0 Å². The van der Waals surface area contributed by atoms with Crippen molar-refractivity contribution in [2.45, 2.75) is 49.3 Å². The zero-order valence-electron chi connectivity index (χ0n) is 18.8. The van der Waals surface area contributed by atoms with Crippen LogP contribution in [0.2, 0.25) is 0 Å². The van der Waals surface area contributed by atoms with Crippen molar-refractivity contribution in [1.29, 1.82) is 0 Å². The third-order valence-corrected chi connectivity index (χ3v) is 6.68. The molecule has 0 amide bonds. The van der Waals surface area contributed by atoms with E-state index < -0.39 is 36.1 Å². The Balaban J connectivity index is 1.47. The van der Waals surface area contributed by atoms with Crippen molar-refractivity contribution in [3.05, 3.63) is 58.3 Å². The van der Waals surface area contributed by atoms with Gasteiger partial charge in [-0.1, -0.05) is 23.4 Å². The number of esters is 1. The first-order valence-electron chi connectivity index (χ1n) is 10.8. The fourth-order valence-electron chi connectivity index (χ4n) is 3.97. The van der Waals surface area contributed by atoms with E-state index in [4.69, 9.17) is 13.9 Å². The number of aliphatic hydroxyl groups is 2. The molecule has 1 aromatic carbocycles. The molecule has 12 heteroatoms. The predicted molar refractivity (Wildman–Crippen MR) is 125 cm³/mol. The van der Waals surface area contributed by atoms with Gasteiger partial charge < -0.3 is 24.1 Å². The van der Waals surface area contributed by atoms with Crippen LogP contribution in [0, 0.1) is 6.92 Å². The highest BCUT2D eigenvalue weighted by Gasteiger charge is 2.45. The number of carbonyl (C=O) groups excluding carboxylic acids is 1. The van der Waals surface area contributed by atoms with E-state index in [-0.39, 0.29) is 12.4 Å². The fourth-order valence-corrected chi connectivity index (χ4v) is 4.95. The third kappa shape index (κ3) is 4.52. The quantitative estimate of drug-likeness (QED) is 0.227. The molecule has 0 saturated carbocycles. The lowest BCUT2D eigenvalue weighted by atomic mass is 10.1. The second-order valence-electron chi connectivity index (χ2n) is 8.23. The molecule has 182 valence electrons. The smallest absolute Gasteiger partial charge is 0.340 e. The summed E-state index contributed by atoms with van der Waals surface area (Å²) in [4.78, 5) is 36.5. The van der Waals surface area contributed by atoms with Crippen molar-refractivity contribution in [1.82, 2.24) is 19.5 Å². The number of aliphatic hydroxyl groups excluding tert-OH is 2. The van der Waals surface area contributed by atoms with Crippen LogP contribution in [-0.4, -0.2) is 60.6 Å². The van der Waals surface area contributed by atoms with E-state index >= 15 is 0 Å². The molecule has 0 bridgehead atoms. The van der Waals surface area contributed by atoms with Crippen molar-refractivity contribution >= 4 is 39.9 Å². The minimum Gasteiger partial charge on any atom is -0.463 e. The van der Waals surface area contributed by atoms with Crippen molar-refractivity contribution in [3.63, 3.8) is 0 Å². The Bertz CT molecular complexity index is 1470. The number of fused-ring (bicyclic) bond motifs is 2. The third-order valence-electron chi connectivity index (χ3n) is 5.68. The maximum Gasteiger partial charge on any atom is 0.340 e. The van der Waals surface area contributed by atoms with Crippen LogP contribution in [-0.2, 0) is 20.0 Å². The summed E-state index contributed by atoms with van der Waals surface area (Å²) in [6.45, 7) is 2.99. The highest BCUT2D eigenvalue weighted by molar-refractivity contribution is 7.98. The number of imidazole rings is 1. The van der Waals surface area contributed by atoms with Crippen LogP contribution in [0.1, 0.15) is 24.3 Å². The lowest BCUT2D eigenvalue weighted by Gasteiger charge is -2.19. The largest absolute Gasteiger partial charge is 0.463 e. The molecule has 1 aliphatic heterocycles. The van der Waals surface area contributed by atoms with Crippen LogP contribution in [0.3, 0.4) is 0 Å². The molecule has 2 N–H and O–H groups in total. The standard InChI is InChI=1S/C23H22N4O7S/c1-11-3-4-16-13(5-11)6-14(22(31)34-16)9-35-23-26-15-7-24-10-25-20(15)27(23)21-19(30)18(29)17(33-21)8-32-12(2)28/h3-7,10,17-19,21,29-30H,8-9H2,1-2H3/t17-,18-,19-,21-/m1/s1. The predicted octanol–water partition coefficient (Wildman–Crippen LogP) is 1.72. The number of aromatic nitrogens is 4. The molecule has 4 aromatic rings. The van der Waals surface area contributed by atoms with Gasteiger partial charge in [-0.15, -0.1) is 0 Å². The Morgan fingerprint density at radius 1 is 1.26 bits per heavy atom. The molecule has 0 radical (unpaired) electrons. The topological polar surface area (TPSA) is 150 Å². The van der Waals surface area contributed by atoms with Gasteiger partial charge in [-0.05, 0) is 25.1 Å². The van der Waals surface area contributed by atoms with Crippen molar-refractivity contribution in [2.24, 2.45) is 0 Å². The second-order valence-corrected chi connectivity index (χ2v) is 9.18. The van der Waals surface area contributed by atoms with Crippen molar-refractivity contribution in [3.8, 4) is 0 Å². The average molecular weight is 499 g/mol. The van der Waals surface area contributed by atoms with Gasteiger partial charge in [-0.3, -0.25) is 9.36 Å². The Morgan fingerprint density at radius 3 is 2.89 bits per heavy atom. The van der Waals surface area contributed by atoms with Crippen molar-refractivity contribution in [2.75, 3.05) is 6.61 Å². The number of hydrogen-bond acceptors (Lipinski definition) is 11. The Hall–Kier alpha value is -3.32. The molecule has 1 aliphatic rings. The molecule has 1 saturated heterocycles. The first kappa shape index (κ1) is 23.4. The summed E-state index contributed by atoms with van der Waals surface area (Å²) >= 11 is 1.23. The summed E-state index contributed by atoms with van der Waals surface area (Å²) in [7, 11) is 0. The molecule has 0 unspecified atom stereocenters. The first-order valence-corrected chi connectivity index (χ1v) is 11.8. The molecule has 11 nitrogen and oxygen atoms in total. The minimum absolute atomic E-state index is 0.217. The van der Waals surface area contributed by atoms with Crippen LogP contribution in [0.15, 0.2) is 51.2 Å². The van der Waals surface area contributed by atoms with E-state index in [1.54, 1.807) is 16.7 Å². The lowest BCUT2D eigenvalue weighted by molar-refractivity contribution is -0.147. The maximum absolute atomic E-state index is 12.5. The highest BCUT2D eigenvalue weighted by atomic mass is 32.2. The van der Waals surface area contributed by atoms with Gasteiger partial charge in [-0.25, -0.2) is 19.7 Å². The molecular weight excluding hydrogens is 476 g/mol. The summed E-state index contributed by atoms with van der Waals surface area (Å²) in [6, 6.07) is 7.36. The monoisotopic (exact) mass is 498 g/mol. The Morgan fingerprint density at radius 2 is 2.09 bits per heavy atom. The second kappa shape index (κ2) is 9.38. The van der Waals surface area contributed by atoms with Gasteiger partial charge in [0, 0.05) is 23.6 Å². The molecule has 0 aliphatic carbocycles. The number of hydrogen-bond donors (Lipinski definition) is 2. The van der Waals surface area contributed by atoms with E-state index in [1.807, 2.05) is 19.1 Å². The van der Waals surface area contributed by atoms with Gasteiger partial charge in [0.05, 0.1) is 6.20 Å². The summed E-state index contributed by atoms with van der Waals surface area (Å²) in [5, 5.41) is 22.4. The zero-order chi connectivity index (χ0) is 24.7. The minimum atomic E-state index is -1.34. The molecule has 1 fully saturated rings. The number of rotatable bonds is 6. The molecule has 5 rings (SSSR count). The van der Waals surface area contributed by atoms with Gasteiger partial charge in [0.15, 0.2) is 17.0 Å². The number of ether oxygens (including phenoxy) is 2. The van der Waals surface area contributed by atoms with Gasteiger partial charge in [0.25, 0.3) is 0 Å². The molecule has 4 heterocycles. The number of aryl methyl sites for hydroxylation is 1. The number of benzene rings is 1. The number of carbonyl (C=O) groups is 1. The molecule has 3 aromatic heterocycles. The maximum atomic E-state index is 12.5. The van der Waals surface area contributed by atoms with Gasteiger partial charge in [-0.2, -0.15) is 0 Å². The molecule has 0 spiro atoms. The molecule has 35 heavy (non-hydrogen) atoms. The van der Waals surface area contributed by atoms with Crippen LogP contribution >= 0.6 is 11.8 Å². The average Bonchev–Trinajstić information content (AvgIpc) is 3.33. The van der Waals surface area contributed by atoms with Gasteiger partial charge in [0.2, 0.25) is 0 Å². The Kier molecular flexibility index (Phi) is 6.28. The van der Waals surface area contributed by atoms with Gasteiger partial charge >= 0.3 is 11.6 Å². The van der Waals surface area contributed by atoms with Crippen molar-refractivity contribution < 1.29 is 28.9 Å². The van der Waals surface area contributed by atoms with E-state index in [0.29, 0.717) is 27.5 Å². The SMILES string of the molecule is CC(=O)OC[C@H]1O[C@@H](n2c(SCc3cc4cc(C)ccc4oc3=O)nc3cncnc32)[C@H](O)[C@@H]1O. The number of nitrogens with zero attached hydrogens (tertiary/aromatic N) is 4. The first-order chi connectivity index (χ1) is 16.8. The zero-order valence-corrected chi connectivity index (χ0v) is 19.6. The number of thioether (sulfide) groups is 1. The highest BCUT2D eigenvalue weighted by Crippen LogP contribution is 2.36.